The Balaban J connectivity index is 2.01. The van der Waals surface area contributed by atoms with Crippen LogP contribution in [0.2, 0.25) is 0 Å². The number of aliphatic hydroxyl groups excluding tert-OH is 1. The number of nitrogens with one attached hydrogen (secondary N) is 2. The fraction of sp³-hybridized carbons (Fsp3) is 0.800. The fourth-order valence-electron chi connectivity index (χ4n) is 2.35. The summed E-state index contributed by atoms with van der Waals surface area (Å²) in [5.41, 5.74) is 4.87. The molecule has 2 aliphatic rings. The molecule has 3 atom stereocenters. The van der Waals surface area contributed by atoms with Crippen molar-refractivity contribution in [2.45, 2.75) is 18.4 Å². The third-order valence-electron chi connectivity index (χ3n) is 3.26. The van der Waals surface area contributed by atoms with E-state index >= 15 is 0 Å². The van der Waals surface area contributed by atoms with E-state index in [1.165, 1.54) is 0 Å². The highest BCUT2D eigenvalue weighted by atomic mass is 16.6. The average Bonchev–Trinajstić information content (AvgIpc) is 2.76. The Morgan fingerprint density at radius 2 is 2.06 bits per heavy atom. The van der Waals surface area contributed by atoms with Gasteiger partial charge in [-0.05, 0) is 0 Å². The molecule has 0 aromatic rings. The average molecular weight is 258 g/mol. The molecular weight excluding hydrogens is 240 g/mol. The minimum atomic E-state index is -1.11. The Morgan fingerprint density at radius 3 is 2.67 bits per heavy atom. The molecule has 0 spiro atoms. The maximum Gasteiger partial charge on any atom is 0.398 e. The molecule has 0 aliphatic carbocycles. The normalized spacial score (nSPS) is 33.3. The molecule has 1 unspecified atom stereocenters. The van der Waals surface area contributed by atoms with Crippen molar-refractivity contribution >= 4 is 11.9 Å². The van der Waals surface area contributed by atoms with E-state index in [2.05, 4.69) is 10.6 Å². The number of carbonyl (C=O) groups is 2. The zero-order chi connectivity index (χ0) is 13.1. The molecule has 0 aromatic carbocycles. The van der Waals surface area contributed by atoms with Crippen molar-refractivity contribution in [2.75, 3.05) is 32.7 Å². The molecule has 102 valence electrons. The molecule has 0 aromatic heterocycles. The quantitative estimate of drug-likeness (QED) is 0.301. The van der Waals surface area contributed by atoms with Crippen LogP contribution in [0.15, 0.2) is 0 Å². The van der Waals surface area contributed by atoms with Gasteiger partial charge in [-0.15, -0.1) is 0 Å². The Bertz CT molecular complexity index is 338. The van der Waals surface area contributed by atoms with Crippen LogP contribution in [0.1, 0.15) is 0 Å². The Labute approximate surface area is 104 Å². The Hall–Kier alpha value is -1.22. The van der Waals surface area contributed by atoms with Crippen molar-refractivity contribution in [3.8, 4) is 0 Å². The van der Waals surface area contributed by atoms with Crippen LogP contribution in [0.25, 0.3) is 0 Å². The number of carbonyl (C=O) groups excluding carboxylic acids is 2. The van der Waals surface area contributed by atoms with Gasteiger partial charge < -0.3 is 26.2 Å². The molecule has 18 heavy (non-hydrogen) atoms. The van der Waals surface area contributed by atoms with Gasteiger partial charge in [-0.3, -0.25) is 9.69 Å². The molecule has 2 aliphatic heterocycles. The van der Waals surface area contributed by atoms with Gasteiger partial charge in [-0.1, -0.05) is 0 Å². The zero-order valence-corrected chi connectivity index (χ0v) is 9.96. The third kappa shape index (κ3) is 2.78. The molecule has 2 fully saturated rings. The third-order valence-corrected chi connectivity index (χ3v) is 3.26. The highest BCUT2D eigenvalue weighted by Gasteiger charge is 2.37. The minimum absolute atomic E-state index is 0.113. The van der Waals surface area contributed by atoms with Crippen LogP contribution in [0.4, 0.5) is 0 Å². The van der Waals surface area contributed by atoms with Gasteiger partial charge in [0.1, 0.15) is 0 Å². The first-order valence-corrected chi connectivity index (χ1v) is 5.95. The van der Waals surface area contributed by atoms with Gasteiger partial charge in [-0.2, -0.15) is 0 Å². The lowest BCUT2D eigenvalue weighted by molar-refractivity contribution is -0.170. The molecular formula is C10H18N4O4. The Morgan fingerprint density at radius 1 is 1.28 bits per heavy atom. The van der Waals surface area contributed by atoms with Crippen molar-refractivity contribution < 1.29 is 19.4 Å². The number of aliphatic hydroxyl groups is 1. The standard InChI is InChI=1S/C10H18N4O4/c11-9(16)10(17)18-8-5-12-1-2-14(8)6-3-13-4-7(6)15/h6-8,12-13,15H,1-5H2,(H2,11,16)/t6-,7-,8?/m1/s1. The van der Waals surface area contributed by atoms with Crippen molar-refractivity contribution in [2.24, 2.45) is 5.73 Å². The van der Waals surface area contributed by atoms with E-state index in [0.717, 1.165) is 6.54 Å². The van der Waals surface area contributed by atoms with Crippen molar-refractivity contribution in [1.29, 1.82) is 0 Å². The second kappa shape index (κ2) is 5.61. The lowest BCUT2D eigenvalue weighted by Crippen LogP contribution is -2.60. The highest BCUT2D eigenvalue weighted by Crippen LogP contribution is 2.15. The number of primary amides is 1. The Kier molecular flexibility index (Phi) is 4.12. The molecule has 8 heteroatoms. The van der Waals surface area contributed by atoms with Crippen LogP contribution in [0.5, 0.6) is 0 Å². The van der Waals surface area contributed by atoms with E-state index in [4.69, 9.17) is 10.5 Å². The summed E-state index contributed by atoms with van der Waals surface area (Å²) in [5.74, 6) is -2.15. The molecule has 5 N–H and O–H groups in total. The molecule has 2 heterocycles. The summed E-state index contributed by atoms with van der Waals surface area (Å²) >= 11 is 0. The van der Waals surface area contributed by atoms with Crippen LogP contribution < -0.4 is 16.4 Å². The molecule has 0 saturated carbocycles. The number of nitrogens with two attached hydrogens (primary N) is 1. The van der Waals surface area contributed by atoms with Crippen LogP contribution in [-0.2, 0) is 14.3 Å². The number of rotatable bonds is 2. The summed E-state index contributed by atoms with van der Waals surface area (Å²) in [4.78, 5) is 23.8. The maximum atomic E-state index is 11.2. The van der Waals surface area contributed by atoms with Gasteiger partial charge in [0.05, 0.1) is 12.1 Å². The minimum Gasteiger partial charge on any atom is -0.438 e. The monoisotopic (exact) mass is 258 g/mol. The SMILES string of the molecule is NC(=O)C(=O)OC1CNCCN1[C@@H]1CNC[C@H]1O. The van der Waals surface area contributed by atoms with Crippen LogP contribution in [0.3, 0.4) is 0 Å². The van der Waals surface area contributed by atoms with E-state index in [1.54, 1.807) is 0 Å². The number of ether oxygens (including phenoxy) is 1. The summed E-state index contributed by atoms with van der Waals surface area (Å²) in [6, 6.07) is -0.113. The predicted molar refractivity (Wildman–Crippen MR) is 61.3 cm³/mol. The van der Waals surface area contributed by atoms with Gasteiger partial charge in [0, 0.05) is 32.7 Å². The lowest BCUT2D eigenvalue weighted by atomic mass is 10.1. The maximum absolute atomic E-state index is 11.2. The number of hydrogen-bond donors (Lipinski definition) is 4. The summed E-state index contributed by atoms with van der Waals surface area (Å²) in [6.07, 6.45) is -1.07. The van der Waals surface area contributed by atoms with Gasteiger partial charge in [0.25, 0.3) is 0 Å². The van der Waals surface area contributed by atoms with Gasteiger partial charge >= 0.3 is 11.9 Å². The summed E-state index contributed by atoms with van der Waals surface area (Å²) in [7, 11) is 0. The summed E-state index contributed by atoms with van der Waals surface area (Å²) < 4.78 is 5.04. The topological polar surface area (TPSA) is 117 Å². The molecule has 0 radical (unpaired) electrons. The molecule has 1 amide bonds. The fourth-order valence-corrected chi connectivity index (χ4v) is 2.35. The number of piperazine rings is 1. The van der Waals surface area contributed by atoms with E-state index in [9.17, 15) is 14.7 Å². The second-order valence-electron chi connectivity index (χ2n) is 4.46. The van der Waals surface area contributed by atoms with Crippen molar-refractivity contribution in [1.82, 2.24) is 15.5 Å². The van der Waals surface area contributed by atoms with Gasteiger partial charge in [0.2, 0.25) is 0 Å². The first kappa shape index (κ1) is 13.2. The molecule has 2 saturated heterocycles. The summed E-state index contributed by atoms with van der Waals surface area (Å²) in [5, 5.41) is 16.0. The number of esters is 1. The van der Waals surface area contributed by atoms with Gasteiger partial charge in [-0.25, -0.2) is 4.79 Å². The van der Waals surface area contributed by atoms with E-state index in [1.807, 2.05) is 4.90 Å². The largest absolute Gasteiger partial charge is 0.438 e. The van der Waals surface area contributed by atoms with Crippen LogP contribution in [0, 0.1) is 0 Å². The molecule has 8 nitrogen and oxygen atoms in total. The van der Waals surface area contributed by atoms with Gasteiger partial charge in [0.15, 0.2) is 6.23 Å². The number of nitrogens with zero attached hydrogens (tertiary/aromatic N) is 1. The smallest absolute Gasteiger partial charge is 0.398 e. The van der Waals surface area contributed by atoms with Crippen LogP contribution >= 0.6 is 0 Å². The number of amides is 1. The predicted octanol–water partition coefficient (Wildman–Crippen LogP) is -3.42. The zero-order valence-electron chi connectivity index (χ0n) is 9.96. The van der Waals surface area contributed by atoms with E-state index < -0.39 is 24.2 Å². The number of β-amino-alcohol motifs (C(OH)–C–C–N with tert-alkyl or cyclic N) is 1. The van der Waals surface area contributed by atoms with Crippen LogP contribution in [-0.4, -0.2) is 73.0 Å². The first-order chi connectivity index (χ1) is 8.59. The lowest BCUT2D eigenvalue weighted by Gasteiger charge is -2.39. The first-order valence-electron chi connectivity index (χ1n) is 5.95. The number of hydrogen-bond acceptors (Lipinski definition) is 7. The van der Waals surface area contributed by atoms with Crippen molar-refractivity contribution in [3.63, 3.8) is 0 Å². The van der Waals surface area contributed by atoms with E-state index in [0.29, 0.717) is 26.2 Å². The van der Waals surface area contributed by atoms with E-state index in [-0.39, 0.29) is 6.04 Å². The summed E-state index contributed by atoms with van der Waals surface area (Å²) in [6.45, 7) is 2.95. The highest BCUT2D eigenvalue weighted by molar-refractivity contribution is 6.31. The van der Waals surface area contributed by atoms with Crippen molar-refractivity contribution in [3.05, 3.63) is 0 Å². The molecule has 0 bridgehead atoms. The molecule has 2 rings (SSSR count). The second-order valence-corrected chi connectivity index (χ2v) is 4.46.